The van der Waals surface area contributed by atoms with Crippen LogP contribution in [0.4, 0.5) is 0 Å². The van der Waals surface area contributed by atoms with Crippen molar-refractivity contribution in [3.63, 3.8) is 0 Å². The van der Waals surface area contributed by atoms with Crippen LogP contribution < -0.4 is 29.0 Å². The standard InChI is InChI=1S/C5H9N3.HI/c1-3-8-5-7(2)4-6-8;/h3-4H,1,5H2,2H3;1H. The van der Waals surface area contributed by atoms with Gasteiger partial charge in [-0.2, -0.15) is 5.01 Å². The van der Waals surface area contributed by atoms with Crippen molar-refractivity contribution in [3.05, 3.63) is 12.8 Å². The van der Waals surface area contributed by atoms with E-state index in [4.69, 9.17) is 0 Å². The maximum atomic E-state index is 4.03. The summed E-state index contributed by atoms with van der Waals surface area (Å²) in [5, 5.41) is 5.08. The predicted molar refractivity (Wildman–Crippen MR) is 32.3 cm³/mol. The number of nitrogens with zero attached hydrogens (tertiary/aromatic N) is 2. The van der Waals surface area contributed by atoms with Gasteiger partial charge < -0.3 is 28.9 Å². The van der Waals surface area contributed by atoms with Crippen molar-refractivity contribution in [1.29, 1.82) is 0 Å². The molecule has 1 atom stereocenters. The average Bonchev–Trinajstić information content (AvgIpc) is 2.14. The molecule has 0 radical (unpaired) electrons. The van der Waals surface area contributed by atoms with E-state index >= 15 is 0 Å². The lowest BCUT2D eigenvalue weighted by Crippen LogP contribution is -3.01. The van der Waals surface area contributed by atoms with Gasteiger partial charge in [0.1, 0.15) is 6.20 Å². The molecular weight excluding hydrogens is 229 g/mol. The van der Waals surface area contributed by atoms with Crippen molar-refractivity contribution in [2.24, 2.45) is 5.10 Å². The number of halogens is 1. The first kappa shape index (κ1) is 8.90. The van der Waals surface area contributed by atoms with Crippen molar-refractivity contribution in [2.75, 3.05) is 13.7 Å². The van der Waals surface area contributed by atoms with Crippen LogP contribution in [0.2, 0.25) is 0 Å². The van der Waals surface area contributed by atoms with Gasteiger partial charge in [-0.15, -0.1) is 0 Å². The summed E-state index contributed by atoms with van der Waals surface area (Å²) in [6.07, 6.45) is 3.58. The monoisotopic (exact) mass is 239 g/mol. The number of rotatable bonds is 1. The fraction of sp³-hybridized carbons (Fsp3) is 0.400. The molecule has 0 aliphatic carbocycles. The summed E-state index contributed by atoms with van der Waals surface area (Å²) in [7, 11) is 1.99. The normalized spacial score (nSPS) is 23.7. The maximum absolute atomic E-state index is 4.03. The van der Waals surface area contributed by atoms with Crippen LogP contribution in [0, 0.1) is 0 Å². The molecule has 1 rings (SSSR count). The van der Waals surface area contributed by atoms with Crippen LogP contribution >= 0.6 is 0 Å². The van der Waals surface area contributed by atoms with E-state index in [1.165, 1.54) is 0 Å². The Hall–Kier alpha value is -0.100. The smallest absolute Gasteiger partial charge is 0.182 e. The molecule has 0 aromatic heterocycles. The van der Waals surface area contributed by atoms with Crippen LogP contribution in [0.15, 0.2) is 17.9 Å². The van der Waals surface area contributed by atoms with E-state index in [0.717, 1.165) is 11.7 Å². The van der Waals surface area contributed by atoms with Gasteiger partial charge in [-0.25, -0.2) is 0 Å². The molecule has 0 saturated heterocycles. The molecule has 3 nitrogen and oxygen atoms in total. The molecule has 0 spiro atoms. The zero-order valence-corrected chi connectivity index (χ0v) is 7.50. The van der Waals surface area contributed by atoms with Crippen LogP contribution in [0.5, 0.6) is 0 Å². The van der Waals surface area contributed by atoms with E-state index in [2.05, 4.69) is 11.7 Å². The van der Waals surface area contributed by atoms with Crippen LogP contribution in [0.3, 0.4) is 0 Å². The molecule has 0 aromatic rings. The Morgan fingerprint density at radius 3 is 2.78 bits per heavy atom. The molecule has 52 valence electrons. The molecule has 1 heterocycles. The Kier molecular flexibility index (Phi) is 3.79. The summed E-state index contributed by atoms with van der Waals surface area (Å²) in [5.74, 6) is 0. The Balaban J connectivity index is 0.000000640. The maximum Gasteiger partial charge on any atom is 0.182 e. The Labute approximate surface area is 72.0 Å². The van der Waals surface area contributed by atoms with E-state index in [1.54, 1.807) is 12.5 Å². The number of nitrogens with one attached hydrogen (secondary N) is 1. The molecule has 9 heavy (non-hydrogen) atoms. The number of hydrogen-bond donors (Lipinski definition) is 1. The van der Waals surface area contributed by atoms with E-state index < -0.39 is 0 Å². The van der Waals surface area contributed by atoms with Crippen molar-refractivity contribution in [2.45, 2.75) is 0 Å². The van der Waals surface area contributed by atoms with Gasteiger partial charge in [0, 0.05) is 7.05 Å². The highest BCUT2D eigenvalue weighted by Gasteiger charge is 2.09. The molecule has 0 aromatic carbocycles. The summed E-state index contributed by atoms with van der Waals surface area (Å²) in [5.41, 5.74) is 0. The molecule has 1 aliphatic rings. The van der Waals surface area contributed by atoms with Gasteiger partial charge in [-0.1, -0.05) is 5.10 Å². The van der Waals surface area contributed by atoms with Gasteiger partial charge in [-0.3, -0.25) is 0 Å². The second kappa shape index (κ2) is 3.84. The molecule has 4 heteroatoms. The lowest BCUT2D eigenvalue weighted by Gasteiger charge is -2.02. The zero-order valence-electron chi connectivity index (χ0n) is 5.34. The minimum absolute atomic E-state index is 0. The number of quaternary nitrogens is 1. The summed E-state index contributed by atoms with van der Waals surface area (Å²) < 4.78 is 0. The van der Waals surface area contributed by atoms with Crippen LogP contribution in [-0.4, -0.2) is 25.0 Å². The van der Waals surface area contributed by atoms with Crippen molar-refractivity contribution < 1.29 is 29.0 Å². The van der Waals surface area contributed by atoms with E-state index in [0.29, 0.717) is 0 Å². The molecule has 1 N–H and O–H groups in total. The summed E-state index contributed by atoms with van der Waals surface area (Å²) in [6.45, 7) is 4.51. The first-order valence-electron chi connectivity index (χ1n) is 2.55. The fourth-order valence-corrected chi connectivity index (χ4v) is 0.627. The average molecular weight is 239 g/mol. The topological polar surface area (TPSA) is 20.0 Å². The van der Waals surface area contributed by atoms with Gasteiger partial charge in [-0.05, 0) is 6.58 Å². The van der Waals surface area contributed by atoms with Gasteiger partial charge in [0.2, 0.25) is 0 Å². The second-order valence-corrected chi connectivity index (χ2v) is 1.86. The largest absolute Gasteiger partial charge is 1.00 e. The highest BCUT2D eigenvalue weighted by molar-refractivity contribution is 5.53. The van der Waals surface area contributed by atoms with Gasteiger partial charge in [0.25, 0.3) is 0 Å². The first-order valence-corrected chi connectivity index (χ1v) is 2.55. The Morgan fingerprint density at radius 1 is 1.89 bits per heavy atom. The molecule has 0 amide bonds. The van der Waals surface area contributed by atoms with Crippen LogP contribution in [-0.2, 0) is 0 Å². The lowest BCUT2D eigenvalue weighted by molar-refractivity contribution is -0.854. The molecule has 1 unspecified atom stereocenters. The van der Waals surface area contributed by atoms with E-state index in [1.807, 2.05) is 11.9 Å². The Bertz CT molecular complexity index is 123. The minimum Gasteiger partial charge on any atom is -1.00 e. The quantitative estimate of drug-likeness (QED) is 0.461. The zero-order chi connectivity index (χ0) is 5.98. The van der Waals surface area contributed by atoms with Crippen LogP contribution in [0.25, 0.3) is 0 Å². The van der Waals surface area contributed by atoms with Crippen molar-refractivity contribution in [1.82, 2.24) is 4.90 Å². The van der Waals surface area contributed by atoms with Gasteiger partial charge in [0.15, 0.2) is 13.0 Å². The van der Waals surface area contributed by atoms with E-state index in [-0.39, 0.29) is 24.0 Å². The third-order valence-electron chi connectivity index (χ3n) is 1.07. The van der Waals surface area contributed by atoms with Crippen LogP contribution in [0.1, 0.15) is 0 Å². The van der Waals surface area contributed by atoms with Crippen molar-refractivity contribution >= 4 is 6.34 Å². The summed E-state index contributed by atoms with van der Waals surface area (Å²) in [4.78, 5) is 2.01. The Morgan fingerprint density at radius 2 is 2.56 bits per heavy atom. The lowest BCUT2D eigenvalue weighted by atomic mass is 10.8. The summed E-state index contributed by atoms with van der Waals surface area (Å²) >= 11 is 0. The third-order valence-corrected chi connectivity index (χ3v) is 1.07. The van der Waals surface area contributed by atoms with E-state index in [9.17, 15) is 0 Å². The molecular formula is C5H10IN3. The second-order valence-electron chi connectivity index (χ2n) is 1.86. The SMILES string of the molecule is C=C[NH+]1CN(C)C=N1.[I-]. The molecule has 0 bridgehead atoms. The summed E-state index contributed by atoms with van der Waals surface area (Å²) in [6, 6.07) is 0. The molecule has 0 saturated carbocycles. The minimum atomic E-state index is 0. The highest BCUT2D eigenvalue weighted by Crippen LogP contribution is 1.72. The van der Waals surface area contributed by atoms with Gasteiger partial charge in [0.05, 0.1) is 0 Å². The first-order chi connectivity index (χ1) is 3.83. The van der Waals surface area contributed by atoms with Gasteiger partial charge >= 0.3 is 0 Å². The highest BCUT2D eigenvalue weighted by atomic mass is 127. The third kappa shape index (κ3) is 2.31. The molecule has 1 aliphatic heterocycles. The number of hydrogen-bond acceptors (Lipinski definition) is 2. The molecule has 0 fully saturated rings. The van der Waals surface area contributed by atoms with Crippen molar-refractivity contribution in [3.8, 4) is 0 Å². The predicted octanol–water partition coefficient (Wildman–Crippen LogP) is -4.13. The fourth-order valence-electron chi connectivity index (χ4n) is 0.627.